The first-order valence-electron chi connectivity index (χ1n) is 14.5. The van der Waals surface area contributed by atoms with Crippen molar-refractivity contribution in [2.75, 3.05) is 5.32 Å². The SMILES string of the molecule is O=C(CCCc1ccccc1)Nc1nc2c(nc1CC13CC4CC(CC(C4)C1)C3)-c1ccc(F)cc1CC2. The van der Waals surface area contributed by atoms with Gasteiger partial charge in [0, 0.05) is 12.0 Å². The van der Waals surface area contributed by atoms with Crippen LogP contribution in [0.25, 0.3) is 11.3 Å². The highest BCUT2D eigenvalue weighted by molar-refractivity contribution is 5.90. The first-order chi connectivity index (χ1) is 18.5. The Labute approximate surface area is 224 Å². The van der Waals surface area contributed by atoms with E-state index in [4.69, 9.17) is 9.97 Å². The molecule has 8 rings (SSSR count). The first kappa shape index (κ1) is 24.0. The molecule has 4 fully saturated rings. The normalized spacial score (nSPS) is 26.6. The number of anilines is 1. The second kappa shape index (κ2) is 9.59. The zero-order valence-corrected chi connectivity index (χ0v) is 22.0. The van der Waals surface area contributed by atoms with Crippen molar-refractivity contribution in [3.8, 4) is 11.3 Å². The maximum atomic E-state index is 14.0. The number of benzene rings is 2. The van der Waals surface area contributed by atoms with E-state index in [1.807, 2.05) is 24.3 Å². The summed E-state index contributed by atoms with van der Waals surface area (Å²) in [5.41, 5.74) is 6.26. The number of carbonyl (C=O) groups excluding carboxylic acids is 1. The van der Waals surface area contributed by atoms with Crippen molar-refractivity contribution in [3.05, 3.63) is 76.9 Å². The molecule has 4 saturated carbocycles. The van der Waals surface area contributed by atoms with Crippen molar-refractivity contribution < 1.29 is 9.18 Å². The fourth-order valence-electron chi connectivity index (χ4n) is 8.53. The zero-order chi connectivity index (χ0) is 25.7. The Bertz CT molecular complexity index is 1330. The maximum Gasteiger partial charge on any atom is 0.225 e. The molecular formula is C33H36FN3O. The number of amides is 1. The molecule has 0 radical (unpaired) electrons. The molecule has 2 aromatic carbocycles. The Kier molecular flexibility index (Phi) is 6.05. The van der Waals surface area contributed by atoms with E-state index < -0.39 is 0 Å². The van der Waals surface area contributed by atoms with Gasteiger partial charge < -0.3 is 5.32 Å². The van der Waals surface area contributed by atoms with E-state index in [1.165, 1.54) is 50.2 Å². The topological polar surface area (TPSA) is 54.9 Å². The third-order valence-corrected chi connectivity index (χ3v) is 9.67. The third kappa shape index (κ3) is 4.65. The Morgan fingerprint density at radius 2 is 1.68 bits per heavy atom. The summed E-state index contributed by atoms with van der Waals surface area (Å²) in [5.74, 6) is 3.04. The van der Waals surface area contributed by atoms with Crippen LogP contribution in [0.1, 0.15) is 73.9 Å². The van der Waals surface area contributed by atoms with Gasteiger partial charge in [0.25, 0.3) is 0 Å². The summed E-state index contributed by atoms with van der Waals surface area (Å²) >= 11 is 0. The van der Waals surface area contributed by atoms with Crippen molar-refractivity contribution in [3.63, 3.8) is 0 Å². The summed E-state index contributed by atoms with van der Waals surface area (Å²) in [6.45, 7) is 0. The molecule has 0 aliphatic heterocycles. The standard InChI is InChI=1S/C33H36FN3O/c34-26-10-11-27-25(16-26)9-12-28-31(27)35-29(20-33-17-22-13-23(18-33)15-24(14-22)19-33)32(36-28)37-30(38)8-4-7-21-5-2-1-3-6-21/h1-3,5-6,10-11,16,22-24H,4,7-9,12-15,17-20H2,(H,36,37,38). The van der Waals surface area contributed by atoms with Gasteiger partial charge >= 0.3 is 0 Å². The first-order valence-corrected chi connectivity index (χ1v) is 14.5. The Morgan fingerprint density at radius 1 is 0.947 bits per heavy atom. The number of aromatic nitrogens is 2. The van der Waals surface area contributed by atoms with Crippen molar-refractivity contribution in [1.82, 2.24) is 9.97 Å². The summed E-state index contributed by atoms with van der Waals surface area (Å²) in [5, 5.41) is 3.19. The average molecular weight is 510 g/mol. The van der Waals surface area contributed by atoms with Gasteiger partial charge in [0.2, 0.25) is 5.91 Å². The van der Waals surface area contributed by atoms with Crippen LogP contribution < -0.4 is 5.32 Å². The van der Waals surface area contributed by atoms with Crippen molar-refractivity contribution in [2.45, 2.75) is 77.0 Å². The molecule has 1 amide bonds. The Balaban J connectivity index is 1.17. The number of nitrogens with zero attached hydrogens (tertiary/aromatic N) is 2. The van der Waals surface area contributed by atoms with E-state index in [9.17, 15) is 9.18 Å². The van der Waals surface area contributed by atoms with E-state index in [0.717, 1.165) is 71.6 Å². The Hall–Kier alpha value is -3.08. The molecule has 1 aromatic heterocycles. The number of fused-ring (bicyclic) bond motifs is 3. The minimum atomic E-state index is -0.201. The molecule has 5 aliphatic carbocycles. The molecule has 4 bridgehead atoms. The lowest BCUT2D eigenvalue weighted by atomic mass is 9.48. The molecule has 0 spiro atoms. The number of hydrogen-bond acceptors (Lipinski definition) is 3. The molecule has 38 heavy (non-hydrogen) atoms. The highest BCUT2D eigenvalue weighted by Crippen LogP contribution is 2.61. The third-order valence-electron chi connectivity index (χ3n) is 9.67. The van der Waals surface area contributed by atoms with Crippen LogP contribution in [0.15, 0.2) is 48.5 Å². The minimum Gasteiger partial charge on any atom is -0.309 e. The van der Waals surface area contributed by atoms with Crippen LogP contribution in [-0.4, -0.2) is 15.9 Å². The molecule has 3 aromatic rings. The maximum absolute atomic E-state index is 14.0. The summed E-state index contributed by atoms with van der Waals surface area (Å²) < 4.78 is 14.0. The molecule has 1 N–H and O–H groups in total. The number of rotatable bonds is 7. The van der Waals surface area contributed by atoms with Gasteiger partial charge in [-0.1, -0.05) is 30.3 Å². The monoisotopic (exact) mass is 509 g/mol. The summed E-state index contributed by atoms with van der Waals surface area (Å²) in [4.78, 5) is 23.4. The lowest BCUT2D eigenvalue weighted by molar-refractivity contribution is -0.116. The lowest BCUT2D eigenvalue weighted by Gasteiger charge is -2.57. The second-order valence-corrected chi connectivity index (χ2v) is 12.6. The highest BCUT2D eigenvalue weighted by Gasteiger charge is 2.51. The van der Waals surface area contributed by atoms with Crippen LogP contribution in [0.2, 0.25) is 0 Å². The smallest absolute Gasteiger partial charge is 0.225 e. The fourth-order valence-corrected chi connectivity index (χ4v) is 8.53. The zero-order valence-electron chi connectivity index (χ0n) is 22.0. The van der Waals surface area contributed by atoms with Crippen LogP contribution in [0, 0.1) is 29.0 Å². The molecule has 1 heterocycles. The second-order valence-electron chi connectivity index (χ2n) is 12.6. The van der Waals surface area contributed by atoms with Crippen molar-refractivity contribution in [2.24, 2.45) is 23.2 Å². The minimum absolute atomic E-state index is 0.0141. The lowest BCUT2D eigenvalue weighted by Crippen LogP contribution is -2.47. The van der Waals surface area contributed by atoms with Gasteiger partial charge in [0.1, 0.15) is 5.82 Å². The number of hydrogen-bond donors (Lipinski definition) is 1. The molecule has 196 valence electrons. The molecular weight excluding hydrogens is 473 g/mol. The Morgan fingerprint density at radius 3 is 2.42 bits per heavy atom. The van der Waals surface area contributed by atoms with Gasteiger partial charge in [-0.05, 0) is 123 Å². The molecule has 5 heteroatoms. The predicted octanol–water partition coefficient (Wildman–Crippen LogP) is 7.10. The van der Waals surface area contributed by atoms with Gasteiger partial charge in [0.15, 0.2) is 5.82 Å². The molecule has 4 nitrogen and oxygen atoms in total. The van der Waals surface area contributed by atoms with E-state index >= 15 is 0 Å². The predicted molar refractivity (Wildman–Crippen MR) is 147 cm³/mol. The quantitative estimate of drug-likeness (QED) is 0.370. The summed E-state index contributed by atoms with van der Waals surface area (Å²) in [6, 6.07) is 15.3. The van der Waals surface area contributed by atoms with E-state index in [0.29, 0.717) is 18.7 Å². The molecule has 0 saturated heterocycles. The molecule has 5 aliphatic rings. The number of carbonyl (C=O) groups is 1. The van der Waals surface area contributed by atoms with Crippen LogP contribution in [-0.2, 0) is 30.5 Å². The van der Waals surface area contributed by atoms with Crippen LogP contribution in [0.4, 0.5) is 10.2 Å². The van der Waals surface area contributed by atoms with Crippen molar-refractivity contribution in [1.29, 1.82) is 0 Å². The summed E-state index contributed by atoms with van der Waals surface area (Å²) in [6.07, 6.45) is 12.5. The largest absolute Gasteiger partial charge is 0.309 e. The van der Waals surface area contributed by atoms with Crippen molar-refractivity contribution >= 4 is 11.7 Å². The number of nitrogens with one attached hydrogen (secondary N) is 1. The number of aryl methyl sites for hydroxylation is 3. The number of halogens is 1. The van der Waals surface area contributed by atoms with Gasteiger partial charge in [-0.25, -0.2) is 14.4 Å². The van der Waals surface area contributed by atoms with Gasteiger partial charge in [-0.3, -0.25) is 4.79 Å². The average Bonchev–Trinajstić information content (AvgIpc) is 2.88. The van der Waals surface area contributed by atoms with E-state index in [2.05, 4.69) is 17.4 Å². The van der Waals surface area contributed by atoms with Gasteiger partial charge in [0.05, 0.1) is 17.1 Å². The van der Waals surface area contributed by atoms with Crippen LogP contribution in [0.3, 0.4) is 0 Å². The van der Waals surface area contributed by atoms with Crippen LogP contribution in [0.5, 0.6) is 0 Å². The van der Waals surface area contributed by atoms with Gasteiger partial charge in [-0.15, -0.1) is 0 Å². The molecule has 0 unspecified atom stereocenters. The fraction of sp³-hybridized carbons (Fsp3) is 0.485. The van der Waals surface area contributed by atoms with E-state index in [-0.39, 0.29) is 17.1 Å². The molecule has 0 atom stereocenters. The highest BCUT2D eigenvalue weighted by atomic mass is 19.1. The summed E-state index contributed by atoms with van der Waals surface area (Å²) in [7, 11) is 0. The van der Waals surface area contributed by atoms with Gasteiger partial charge in [-0.2, -0.15) is 0 Å². The van der Waals surface area contributed by atoms with Crippen LogP contribution >= 0.6 is 0 Å². The van der Waals surface area contributed by atoms with E-state index in [1.54, 1.807) is 6.07 Å².